The van der Waals surface area contributed by atoms with Crippen molar-refractivity contribution in [3.05, 3.63) is 46.4 Å². The second-order valence-corrected chi connectivity index (χ2v) is 5.82. The van der Waals surface area contributed by atoms with Crippen molar-refractivity contribution in [1.82, 2.24) is 10.3 Å². The van der Waals surface area contributed by atoms with Crippen LogP contribution in [0, 0.1) is 0 Å². The Balaban J connectivity index is 0.00000200. The normalized spacial score (nSPS) is 10.2. The van der Waals surface area contributed by atoms with E-state index in [4.69, 9.17) is 5.73 Å². The van der Waals surface area contributed by atoms with Gasteiger partial charge in [-0.1, -0.05) is 12.1 Å². The molecule has 0 aliphatic heterocycles. The minimum Gasteiger partial charge on any atom is -0.399 e. The van der Waals surface area contributed by atoms with Gasteiger partial charge in [0.15, 0.2) is 0 Å². The van der Waals surface area contributed by atoms with E-state index in [0.717, 1.165) is 10.6 Å². The Bertz CT molecular complexity index is 556. The number of carbonyl (C=O) groups is 1. The zero-order valence-corrected chi connectivity index (χ0v) is 14.3. The quantitative estimate of drug-likeness (QED) is 0.834. The van der Waals surface area contributed by atoms with Crippen LogP contribution in [-0.2, 0) is 16.8 Å². The molecular formula is C14H19Cl2N3OS. The van der Waals surface area contributed by atoms with Gasteiger partial charge in [-0.05, 0) is 31.5 Å². The minimum atomic E-state index is -0.445. The van der Waals surface area contributed by atoms with Gasteiger partial charge in [0.1, 0.15) is 5.01 Å². The molecule has 1 heterocycles. The van der Waals surface area contributed by atoms with Crippen LogP contribution in [0.25, 0.3) is 0 Å². The number of halogens is 2. The molecule has 0 saturated heterocycles. The fourth-order valence-corrected chi connectivity index (χ4v) is 2.52. The Morgan fingerprint density at radius 1 is 1.29 bits per heavy atom. The average molecular weight is 348 g/mol. The summed E-state index contributed by atoms with van der Waals surface area (Å²) in [6.07, 6.45) is 2.09. The standard InChI is InChI=1S/C14H17N3OS.2ClH/c1-14(2,13-16-7-8-19-13)17-12(18)9-10-3-5-11(15)6-4-10;;/h3-8H,9,15H2,1-2H3,(H,17,18);2*1H. The predicted molar refractivity (Wildman–Crippen MR) is 92.3 cm³/mol. The van der Waals surface area contributed by atoms with E-state index in [1.54, 1.807) is 18.3 Å². The number of carbonyl (C=O) groups excluding carboxylic acids is 1. The molecule has 116 valence electrons. The fraction of sp³-hybridized carbons (Fsp3) is 0.286. The number of aromatic nitrogens is 1. The zero-order chi connectivity index (χ0) is 13.9. The van der Waals surface area contributed by atoms with Gasteiger partial charge in [0.05, 0.1) is 12.0 Å². The van der Waals surface area contributed by atoms with Gasteiger partial charge in [-0.3, -0.25) is 4.79 Å². The number of nitrogen functional groups attached to an aromatic ring is 1. The lowest BCUT2D eigenvalue weighted by Crippen LogP contribution is -2.41. The van der Waals surface area contributed by atoms with Gasteiger partial charge >= 0.3 is 0 Å². The summed E-state index contributed by atoms with van der Waals surface area (Å²) < 4.78 is 0. The van der Waals surface area contributed by atoms with Crippen molar-refractivity contribution in [2.45, 2.75) is 25.8 Å². The van der Waals surface area contributed by atoms with E-state index in [1.165, 1.54) is 11.3 Å². The van der Waals surface area contributed by atoms with Crippen molar-refractivity contribution in [2.24, 2.45) is 0 Å². The van der Waals surface area contributed by atoms with Gasteiger partial charge < -0.3 is 11.1 Å². The van der Waals surface area contributed by atoms with Crippen LogP contribution in [0.4, 0.5) is 5.69 Å². The Kier molecular flexibility index (Phi) is 7.71. The van der Waals surface area contributed by atoms with Crippen molar-refractivity contribution >= 4 is 47.7 Å². The van der Waals surface area contributed by atoms with Crippen LogP contribution < -0.4 is 11.1 Å². The van der Waals surface area contributed by atoms with Gasteiger partial charge in [-0.15, -0.1) is 36.2 Å². The lowest BCUT2D eigenvalue weighted by Gasteiger charge is -2.23. The second kappa shape index (κ2) is 8.22. The molecule has 21 heavy (non-hydrogen) atoms. The van der Waals surface area contributed by atoms with Gasteiger partial charge in [0, 0.05) is 17.3 Å². The average Bonchev–Trinajstić information content (AvgIpc) is 2.85. The highest BCUT2D eigenvalue weighted by molar-refractivity contribution is 7.09. The van der Waals surface area contributed by atoms with Gasteiger partial charge in [0.2, 0.25) is 5.91 Å². The number of amides is 1. The predicted octanol–water partition coefficient (Wildman–Crippen LogP) is 3.16. The number of nitrogens with zero attached hydrogens (tertiary/aromatic N) is 1. The number of nitrogens with two attached hydrogens (primary N) is 1. The minimum absolute atomic E-state index is 0. The van der Waals surface area contributed by atoms with Crippen LogP contribution >= 0.6 is 36.2 Å². The summed E-state index contributed by atoms with van der Waals surface area (Å²) in [5.74, 6) is -0.0232. The third-order valence-electron chi connectivity index (χ3n) is 2.76. The molecule has 0 aliphatic rings. The molecule has 0 fully saturated rings. The van der Waals surface area contributed by atoms with Crippen LogP contribution in [0.1, 0.15) is 24.4 Å². The Hall–Kier alpha value is -1.30. The largest absolute Gasteiger partial charge is 0.399 e. The highest BCUT2D eigenvalue weighted by atomic mass is 35.5. The second-order valence-electron chi connectivity index (χ2n) is 4.93. The molecule has 0 spiro atoms. The molecule has 0 bridgehead atoms. The molecule has 0 atom stereocenters. The summed E-state index contributed by atoms with van der Waals surface area (Å²) in [4.78, 5) is 16.3. The summed E-state index contributed by atoms with van der Waals surface area (Å²) in [6.45, 7) is 3.90. The molecule has 7 heteroatoms. The summed E-state index contributed by atoms with van der Waals surface area (Å²) in [5, 5.41) is 5.81. The first-order valence-electron chi connectivity index (χ1n) is 6.03. The Morgan fingerprint density at radius 2 is 1.90 bits per heavy atom. The first-order chi connectivity index (χ1) is 8.97. The molecule has 0 radical (unpaired) electrons. The summed E-state index contributed by atoms with van der Waals surface area (Å²) in [5.41, 5.74) is 6.82. The highest BCUT2D eigenvalue weighted by Crippen LogP contribution is 2.22. The smallest absolute Gasteiger partial charge is 0.225 e. The summed E-state index contributed by atoms with van der Waals surface area (Å²) in [6, 6.07) is 7.33. The SMILES string of the molecule is CC(C)(NC(=O)Cc1ccc(N)cc1)c1nccs1.Cl.Cl. The molecule has 2 aromatic rings. The lowest BCUT2D eigenvalue weighted by molar-refractivity contribution is -0.122. The number of rotatable bonds is 4. The maximum Gasteiger partial charge on any atom is 0.225 e. The van der Waals surface area contributed by atoms with Crippen LogP contribution in [0.3, 0.4) is 0 Å². The number of anilines is 1. The number of benzene rings is 1. The third kappa shape index (κ3) is 5.53. The van der Waals surface area contributed by atoms with Crippen molar-refractivity contribution < 1.29 is 4.79 Å². The molecule has 0 unspecified atom stereocenters. The summed E-state index contributed by atoms with van der Waals surface area (Å²) >= 11 is 1.54. The molecule has 0 aliphatic carbocycles. The molecule has 3 N–H and O–H groups in total. The van der Waals surface area contributed by atoms with Gasteiger partial charge in [-0.25, -0.2) is 4.98 Å². The molecule has 1 aromatic heterocycles. The van der Waals surface area contributed by atoms with E-state index in [-0.39, 0.29) is 30.7 Å². The maximum atomic E-state index is 12.0. The van der Waals surface area contributed by atoms with Crippen LogP contribution in [0.5, 0.6) is 0 Å². The molecular weight excluding hydrogens is 329 g/mol. The van der Waals surface area contributed by atoms with E-state index in [0.29, 0.717) is 12.1 Å². The van der Waals surface area contributed by atoms with E-state index < -0.39 is 5.54 Å². The number of thiazole rings is 1. The van der Waals surface area contributed by atoms with E-state index in [1.807, 2.05) is 31.4 Å². The third-order valence-corrected chi connectivity index (χ3v) is 3.86. The molecule has 2 rings (SSSR count). The topological polar surface area (TPSA) is 68.0 Å². The van der Waals surface area contributed by atoms with E-state index in [9.17, 15) is 4.79 Å². The molecule has 1 aromatic carbocycles. The zero-order valence-electron chi connectivity index (χ0n) is 11.8. The fourth-order valence-electron chi connectivity index (χ4n) is 1.80. The van der Waals surface area contributed by atoms with Crippen LogP contribution in [0.2, 0.25) is 0 Å². The molecule has 1 amide bonds. The van der Waals surface area contributed by atoms with Gasteiger partial charge in [0.25, 0.3) is 0 Å². The maximum absolute atomic E-state index is 12.0. The van der Waals surface area contributed by atoms with Crippen molar-refractivity contribution in [3.8, 4) is 0 Å². The van der Waals surface area contributed by atoms with Crippen LogP contribution in [-0.4, -0.2) is 10.9 Å². The highest BCUT2D eigenvalue weighted by Gasteiger charge is 2.25. The number of hydrogen-bond donors (Lipinski definition) is 2. The Labute approximate surface area is 141 Å². The first kappa shape index (κ1) is 19.7. The van der Waals surface area contributed by atoms with Crippen LogP contribution in [0.15, 0.2) is 35.8 Å². The number of nitrogens with one attached hydrogen (secondary N) is 1. The number of hydrogen-bond acceptors (Lipinski definition) is 4. The lowest BCUT2D eigenvalue weighted by atomic mass is 10.1. The molecule has 0 saturated carbocycles. The van der Waals surface area contributed by atoms with E-state index in [2.05, 4.69) is 10.3 Å². The van der Waals surface area contributed by atoms with Crippen molar-refractivity contribution in [3.63, 3.8) is 0 Å². The first-order valence-corrected chi connectivity index (χ1v) is 6.91. The van der Waals surface area contributed by atoms with Crippen molar-refractivity contribution in [2.75, 3.05) is 5.73 Å². The van der Waals surface area contributed by atoms with Gasteiger partial charge in [-0.2, -0.15) is 0 Å². The molecule has 4 nitrogen and oxygen atoms in total. The summed E-state index contributed by atoms with van der Waals surface area (Å²) in [7, 11) is 0. The van der Waals surface area contributed by atoms with Crippen molar-refractivity contribution in [1.29, 1.82) is 0 Å². The van der Waals surface area contributed by atoms with E-state index >= 15 is 0 Å². The monoisotopic (exact) mass is 347 g/mol. The Morgan fingerprint density at radius 3 is 2.43 bits per heavy atom.